The first kappa shape index (κ1) is 21.4. The lowest BCUT2D eigenvalue weighted by Gasteiger charge is -2.12. The van der Waals surface area contributed by atoms with Gasteiger partial charge in [0.05, 0.1) is 6.61 Å². The summed E-state index contributed by atoms with van der Waals surface area (Å²) in [5.41, 5.74) is 1.12. The van der Waals surface area contributed by atoms with E-state index in [1.54, 1.807) is 0 Å². The second kappa shape index (κ2) is 14.0. The van der Waals surface area contributed by atoms with E-state index in [9.17, 15) is 0 Å². The minimum Gasteiger partial charge on any atom is -0.377 e. The Hall–Kier alpha value is 0.397. The molecular weight excluding hydrogens is 340 g/mol. The van der Waals surface area contributed by atoms with Crippen LogP contribution in [0, 0.1) is 0 Å². The highest BCUT2D eigenvalue weighted by atomic mass is 79.9. The summed E-state index contributed by atoms with van der Waals surface area (Å²) in [4.78, 5) is 0. The number of ether oxygens (including phenoxy) is 1. The van der Waals surface area contributed by atoms with Gasteiger partial charge >= 0.3 is 0 Å². The van der Waals surface area contributed by atoms with Crippen LogP contribution in [0.2, 0.25) is 19.1 Å². The summed E-state index contributed by atoms with van der Waals surface area (Å²) in [6.45, 7) is 11.3. The average Bonchev–Trinajstić information content (AvgIpc) is 2.37. The van der Waals surface area contributed by atoms with Crippen molar-refractivity contribution in [1.82, 2.24) is 0 Å². The molecule has 0 N–H and O–H groups in total. The van der Waals surface area contributed by atoms with E-state index >= 15 is 0 Å². The van der Waals surface area contributed by atoms with Gasteiger partial charge in [-0.05, 0) is 19.4 Å². The number of rotatable bonds is 15. The fourth-order valence-corrected chi connectivity index (χ4v) is 4.34. The van der Waals surface area contributed by atoms with E-state index in [2.05, 4.69) is 35.0 Å². The molecule has 0 aromatic carbocycles. The zero-order valence-corrected chi connectivity index (χ0v) is 17.3. The van der Waals surface area contributed by atoms with Crippen LogP contribution < -0.4 is 0 Å². The first-order chi connectivity index (χ1) is 9.92. The molecule has 0 heterocycles. The molecule has 0 aliphatic carbocycles. The fraction of sp³-hybridized carbons (Fsp3) is 0.889. The van der Waals surface area contributed by atoms with Gasteiger partial charge in [-0.1, -0.05) is 83.0 Å². The van der Waals surface area contributed by atoms with Crippen molar-refractivity contribution in [2.75, 3.05) is 13.2 Å². The highest BCUT2D eigenvalue weighted by Crippen LogP contribution is 2.21. The van der Waals surface area contributed by atoms with Crippen LogP contribution in [0.4, 0.5) is 0 Å². The van der Waals surface area contributed by atoms with Crippen molar-refractivity contribution in [2.45, 2.75) is 90.3 Å². The molecule has 21 heavy (non-hydrogen) atoms. The van der Waals surface area contributed by atoms with Gasteiger partial charge in [-0.15, -0.1) is 15.3 Å². The minimum atomic E-state index is -0.966. The average molecular weight is 377 g/mol. The van der Waals surface area contributed by atoms with Crippen molar-refractivity contribution in [1.29, 1.82) is 0 Å². The molecule has 0 atom stereocenters. The Morgan fingerprint density at radius 2 is 1.29 bits per heavy atom. The maximum absolute atomic E-state index is 5.50. The maximum atomic E-state index is 5.50. The van der Waals surface area contributed by atoms with Crippen molar-refractivity contribution in [3.8, 4) is 0 Å². The Labute approximate surface area is 142 Å². The highest BCUT2D eigenvalue weighted by Gasteiger charge is 2.14. The molecule has 126 valence electrons. The molecule has 0 saturated carbocycles. The first-order valence-electron chi connectivity index (χ1n) is 8.83. The van der Waals surface area contributed by atoms with E-state index < -0.39 is 6.69 Å². The Kier molecular flexibility index (Phi) is 14.3. The highest BCUT2D eigenvalue weighted by molar-refractivity contribution is 9.26. The van der Waals surface area contributed by atoms with Crippen LogP contribution in [-0.4, -0.2) is 19.9 Å². The molecule has 0 amide bonds. The summed E-state index contributed by atoms with van der Waals surface area (Å²) in [7, 11) is 0. The topological polar surface area (TPSA) is 9.23 Å². The molecule has 0 unspecified atom stereocenters. The van der Waals surface area contributed by atoms with Gasteiger partial charge in [0.1, 0.15) is 6.69 Å². The van der Waals surface area contributed by atoms with Crippen LogP contribution >= 0.6 is 15.3 Å². The van der Waals surface area contributed by atoms with E-state index in [0.717, 1.165) is 18.8 Å². The molecule has 0 saturated heterocycles. The number of halogens is 1. The Morgan fingerprint density at radius 1 is 0.857 bits per heavy atom. The largest absolute Gasteiger partial charge is 0.377 e. The summed E-state index contributed by atoms with van der Waals surface area (Å²) >= 11 is 3.84. The molecule has 0 fully saturated rings. The molecule has 3 heteroatoms. The molecule has 0 aliphatic heterocycles. The van der Waals surface area contributed by atoms with Gasteiger partial charge in [0.2, 0.25) is 0 Å². The van der Waals surface area contributed by atoms with Crippen molar-refractivity contribution in [3.63, 3.8) is 0 Å². The monoisotopic (exact) mass is 376 g/mol. The van der Waals surface area contributed by atoms with Gasteiger partial charge in [-0.3, -0.25) is 0 Å². The first-order valence-corrected chi connectivity index (χ1v) is 14.3. The van der Waals surface area contributed by atoms with Crippen LogP contribution in [-0.2, 0) is 4.74 Å². The van der Waals surface area contributed by atoms with Crippen molar-refractivity contribution in [3.05, 3.63) is 12.2 Å². The molecule has 0 bridgehead atoms. The van der Waals surface area contributed by atoms with Gasteiger partial charge in [-0.25, -0.2) is 0 Å². The van der Waals surface area contributed by atoms with Crippen LogP contribution in [0.25, 0.3) is 0 Å². The summed E-state index contributed by atoms with van der Waals surface area (Å²) in [6.07, 6.45) is 13.9. The summed E-state index contributed by atoms with van der Waals surface area (Å²) in [6, 6.07) is 1.43. The van der Waals surface area contributed by atoms with E-state index in [-0.39, 0.29) is 0 Å². The van der Waals surface area contributed by atoms with Gasteiger partial charge in [0, 0.05) is 6.61 Å². The molecule has 0 spiro atoms. The Morgan fingerprint density at radius 3 is 1.71 bits per heavy atom. The quantitative estimate of drug-likeness (QED) is 0.128. The lowest BCUT2D eigenvalue weighted by Crippen LogP contribution is -2.13. The van der Waals surface area contributed by atoms with E-state index in [0.29, 0.717) is 0 Å². The summed E-state index contributed by atoms with van der Waals surface area (Å²) in [5.74, 6) is 0. The second-order valence-electron chi connectivity index (χ2n) is 7.01. The second-order valence-corrected chi connectivity index (χ2v) is 17.4. The number of unbranched alkanes of at least 4 members (excludes halogenated alkanes) is 9. The van der Waals surface area contributed by atoms with Gasteiger partial charge in [-0.2, -0.15) is 0 Å². The van der Waals surface area contributed by atoms with Crippen molar-refractivity contribution >= 4 is 22.0 Å². The van der Waals surface area contributed by atoms with Crippen LogP contribution in [0.3, 0.4) is 0 Å². The van der Waals surface area contributed by atoms with Crippen molar-refractivity contribution in [2.24, 2.45) is 0 Å². The van der Waals surface area contributed by atoms with Gasteiger partial charge in [0.15, 0.2) is 0 Å². The zero-order valence-electron chi connectivity index (χ0n) is 14.7. The molecular formula is C18H37BrOSi. The van der Waals surface area contributed by atoms with Crippen molar-refractivity contribution < 1.29 is 4.74 Å². The van der Waals surface area contributed by atoms with Crippen LogP contribution in [0.5, 0.6) is 0 Å². The third-order valence-corrected chi connectivity index (χ3v) is 6.39. The third-order valence-electron chi connectivity index (χ3n) is 3.66. The van der Waals surface area contributed by atoms with E-state index in [4.69, 9.17) is 4.74 Å². The van der Waals surface area contributed by atoms with E-state index in [1.165, 1.54) is 70.3 Å². The fourth-order valence-electron chi connectivity index (χ4n) is 2.41. The normalized spacial score (nSPS) is 11.8. The number of hydrogen-bond donors (Lipinski definition) is 0. The lowest BCUT2D eigenvalue weighted by atomic mass is 10.1. The zero-order chi connectivity index (χ0) is 16.0. The predicted molar refractivity (Wildman–Crippen MR) is 103 cm³/mol. The van der Waals surface area contributed by atoms with Crippen LogP contribution in [0.15, 0.2) is 12.2 Å². The van der Waals surface area contributed by atoms with E-state index in [1.807, 2.05) is 6.92 Å². The molecule has 1 nitrogen and oxygen atoms in total. The summed E-state index contributed by atoms with van der Waals surface area (Å²) in [5, 5.41) is 0. The maximum Gasteiger partial charge on any atom is 0.124 e. The number of hydrogen-bond acceptors (Lipinski definition) is 1. The lowest BCUT2D eigenvalue weighted by molar-refractivity contribution is 0.151. The molecule has 0 aromatic rings. The SMILES string of the molecule is C=C(C)COCCCCCCCCCCCC[Si](C)(C)Br. The summed E-state index contributed by atoms with van der Waals surface area (Å²) < 4.78 is 5.50. The van der Waals surface area contributed by atoms with Crippen LogP contribution in [0.1, 0.15) is 71.1 Å². The van der Waals surface area contributed by atoms with Gasteiger partial charge in [0.25, 0.3) is 0 Å². The smallest absolute Gasteiger partial charge is 0.124 e. The Bertz CT molecular complexity index is 248. The molecule has 0 aliphatic rings. The molecule has 0 radical (unpaired) electrons. The van der Waals surface area contributed by atoms with Gasteiger partial charge < -0.3 is 4.74 Å². The molecule has 0 aromatic heterocycles. The standard InChI is InChI=1S/C18H37BrOSi/c1-18(2)17-20-15-13-11-9-7-5-6-8-10-12-14-16-21(3,4)19/h1,5-17H2,2-4H3. The molecule has 0 rings (SSSR count). The minimum absolute atomic E-state index is 0.731. The predicted octanol–water partition coefficient (Wildman–Crippen LogP) is 7.08. The Balaban J connectivity index is 3.04. The third kappa shape index (κ3) is 20.4.